The molecule has 1 heterocycles. The van der Waals surface area contributed by atoms with Crippen LogP contribution in [0.1, 0.15) is 10.5 Å². The summed E-state index contributed by atoms with van der Waals surface area (Å²) in [7, 11) is 0. The molecule has 0 amide bonds. The highest BCUT2D eigenvalue weighted by Crippen LogP contribution is 2.28. The van der Waals surface area contributed by atoms with Gasteiger partial charge in [-0.15, -0.1) is 0 Å². The molecule has 98 valence electrons. The average Bonchev–Trinajstić information content (AvgIpc) is 2.48. The molecular formula is C15H9FN2O2. The van der Waals surface area contributed by atoms with Gasteiger partial charge in [0.05, 0.1) is 0 Å². The van der Waals surface area contributed by atoms with E-state index in [4.69, 9.17) is 5.11 Å². The van der Waals surface area contributed by atoms with Gasteiger partial charge in [-0.25, -0.2) is 19.2 Å². The van der Waals surface area contributed by atoms with E-state index in [2.05, 4.69) is 9.97 Å². The number of hydrogen-bond acceptors (Lipinski definition) is 3. The Labute approximate surface area is 113 Å². The standard InChI is InChI=1S/C15H9FN2O2/c16-12-6-5-11(9-3-1-2-4-10(9)12)14-17-8-7-13(18-14)15(19)20/h1-8H,(H,19,20). The van der Waals surface area contributed by atoms with Gasteiger partial charge in [0, 0.05) is 17.1 Å². The zero-order chi connectivity index (χ0) is 14.1. The Hall–Kier alpha value is -2.82. The lowest BCUT2D eigenvalue weighted by atomic mass is 10.0. The third-order valence-corrected chi connectivity index (χ3v) is 2.99. The molecule has 3 aromatic rings. The van der Waals surface area contributed by atoms with Crippen LogP contribution in [0.2, 0.25) is 0 Å². The molecule has 0 aliphatic rings. The number of carbonyl (C=O) groups is 1. The molecule has 0 aliphatic carbocycles. The molecular weight excluding hydrogens is 259 g/mol. The monoisotopic (exact) mass is 268 g/mol. The number of carboxylic acids is 1. The third-order valence-electron chi connectivity index (χ3n) is 2.99. The first-order chi connectivity index (χ1) is 9.66. The van der Waals surface area contributed by atoms with E-state index in [1.807, 2.05) is 0 Å². The number of nitrogens with zero attached hydrogens (tertiary/aromatic N) is 2. The Balaban J connectivity index is 2.27. The molecule has 20 heavy (non-hydrogen) atoms. The predicted octanol–water partition coefficient (Wildman–Crippen LogP) is 3.13. The van der Waals surface area contributed by atoms with Gasteiger partial charge in [-0.2, -0.15) is 0 Å². The quantitative estimate of drug-likeness (QED) is 0.775. The van der Waals surface area contributed by atoms with Crippen LogP contribution in [0, 0.1) is 5.82 Å². The Morgan fingerprint density at radius 1 is 1.05 bits per heavy atom. The van der Waals surface area contributed by atoms with Crippen molar-refractivity contribution in [1.29, 1.82) is 0 Å². The number of hydrogen-bond donors (Lipinski definition) is 1. The van der Waals surface area contributed by atoms with Crippen LogP contribution in [0.5, 0.6) is 0 Å². The van der Waals surface area contributed by atoms with Crippen molar-refractivity contribution in [3.05, 3.63) is 60.2 Å². The smallest absolute Gasteiger partial charge is 0.354 e. The predicted molar refractivity (Wildman–Crippen MR) is 71.9 cm³/mol. The molecule has 5 heteroatoms. The highest BCUT2D eigenvalue weighted by molar-refractivity contribution is 5.96. The van der Waals surface area contributed by atoms with Crippen molar-refractivity contribution in [2.75, 3.05) is 0 Å². The maximum absolute atomic E-state index is 13.8. The van der Waals surface area contributed by atoms with Crippen molar-refractivity contribution >= 4 is 16.7 Å². The molecule has 0 aliphatic heterocycles. The van der Waals surface area contributed by atoms with Crippen molar-refractivity contribution in [1.82, 2.24) is 9.97 Å². The number of fused-ring (bicyclic) bond motifs is 1. The first-order valence-electron chi connectivity index (χ1n) is 5.91. The summed E-state index contributed by atoms with van der Waals surface area (Å²) in [5.41, 5.74) is 0.508. The fraction of sp³-hybridized carbons (Fsp3) is 0. The van der Waals surface area contributed by atoms with Gasteiger partial charge < -0.3 is 5.11 Å². The fourth-order valence-corrected chi connectivity index (χ4v) is 2.06. The summed E-state index contributed by atoms with van der Waals surface area (Å²) in [6.45, 7) is 0. The zero-order valence-electron chi connectivity index (χ0n) is 10.2. The Kier molecular flexibility index (Phi) is 2.87. The summed E-state index contributed by atoms with van der Waals surface area (Å²) in [6, 6.07) is 11.1. The first-order valence-corrected chi connectivity index (χ1v) is 5.91. The highest BCUT2D eigenvalue weighted by atomic mass is 19.1. The molecule has 0 saturated heterocycles. The lowest BCUT2D eigenvalue weighted by Gasteiger charge is -2.06. The second kappa shape index (κ2) is 4.70. The van der Waals surface area contributed by atoms with Crippen molar-refractivity contribution in [3.63, 3.8) is 0 Å². The van der Waals surface area contributed by atoms with Gasteiger partial charge in [0.2, 0.25) is 0 Å². The molecule has 2 aromatic carbocycles. The zero-order valence-corrected chi connectivity index (χ0v) is 10.2. The normalized spacial score (nSPS) is 10.7. The van der Waals surface area contributed by atoms with Crippen molar-refractivity contribution < 1.29 is 14.3 Å². The van der Waals surface area contributed by atoms with E-state index in [0.717, 1.165) is 0 Å². The molecule has 4 nitrogen and oxygen atoms in total. The summed E-state index contributed by atoms with van der Waals surface area (Å²) in [4.78, 5) is 19.0. The number of aromatic carboxylic acids is 1. The molecule has 1 N–H and O–H groups in total. The van der Waals surface area contributed by atoms with Gasteiger partial charge in [-0.3, -0.25) is 0 Å². The summed E-state index contributed by atoms with van der Waals surface area (Å²) >= 11 is 0. The SMILES string of the molecule is O=C(O)c1ccnc(-c2ccc(F)c3ccccc23)n1. The van der Waals surface area contributed by atoms with Crippen molar-refractivity contribution in [3.8, 4) is 11.4 Å². The van der Waals surface area contributed by atoms with Crippen LogP contribution in [0.15, 0.2) is 48.7 Å². The molecule has 0 unspecified atom stereocenters. The summed E-state index contributed by atoms with van der Waals surface area (Å²) in [6.07, 6.45) is 1.38. The minimum Gasteiger partial charge on any atom is -0.477 e. The molecule has 0 spiro atoms. The van der Waals surface area contributed by atoms with E-state index < -0.39 is 5.97 Å². The number of aromatic nitrogens is 2. The number of halogens is 1. The maximum atomic E-state index is 13.8. The Morgan fingerprint density at radius 3 is 2.55 bits per heavy atom. The minimum absolute atomic E-state index is 0.0941. The van der Waals surface area contributed by atoms with Crippen LogP contribution < -0.4 is 0 Å². The van der Waals surface area contributed by atoms with Gasteiger partial charge in [-0.05, 0) is 23.6 Å². The van der Waals surface area contributed by atoms with Gasteiger partial charge in [0.1, 0.15) is 5.82 Å². The topological polar surface area (TPSA) is 63.1 Å². The van der Waals surface area contributed by atoms with Gasteiger partial charge in [0.25, 0.3) is 0 Å². The first kappa shape index (κ1) is 12.2. The van der Waals surface area contributed by atoms with Crippen LogP contribution in [0.4, 0.5) is 4.39 Å². The van der Waals surface area contributed by atoms with E-state index in [1.165, 1.54) is 18.3 Å². The van der Waals surface area contributed by atoms with Gasteiger partial charge >= 0.3 is 5.97 Å². The van der Waals surface area contributed by atoms with E-state index in [-0.39, 0.29) is 17.3 Å². The average molecular weight is 268 g/mol. The Bertz CT molecular complexity index is 818. The summed E-state index contributed by atoms with van der Waals surface area (Å²) in [5.74, 6) is -1.19. The van der Waals surface area contributed by atoms with E-state index in [0.29, 0.717) is 16.3 Å². The molecule has 0 fully saturated rings. The van der Waals surface area contributed by atoms with Crippen molar-refractivity contribution in [2.24, 2.45) is 0 Å². The number of benzene rings is 2. The molecule has 1 aromatic heterocycles. The maximum Gasteiger partial charge on any atom is 0.354 e. The van der Waals surface area contributed by atoms with Crippen LogP contribution in [-0.2, 0) is 0 Å². The van der Waals surface area contributed by atoms with Crippen LogP contribution >= 0.6 is 0 Å². The Morgan fingerprint density at radius 2 is 1.80 bits per heavy atom. The van der Waals surface area contributed by atoms with Gasteiger partial charge in [-0.1, -0.05) is 24.3 Å². The molecule has 0 saturated carbocycles. The fourth-order valence-electron chi connectivity index (χ4n) is 2.06. The van der Waals surface area contributed by atoms with Crippen LogP contribution in [0.3, 0.4) is 0 Å². The summed E-state index contributed by atoms with van der Waals surface area (Å²) in [5, 5.41) is 10.1. The minimum atomic E-state index is -1.12. The number of rotatable bonds is 2. The van der Waals surface area contributed by atoms with Crippen LogP contribution in [0.25, 0.3) is 22.2 Å². The molecule has 3 rings (SSSR count). The van der Waals surface area contributed by atoms with E-state index in [9.17, 15) is 9.18 Å². The number of carboxylic acid groups (broad SMARTS) is 1. The van der Waals surface area contributed by atoms with Crippen molar-refractivity contribution in [2.45, 2.75) is 0 Å². The second-order valence-corrected chi connectivity index (χ2v) is 4.21. The second-order valence-electron chi connectivity index (χ2n) is 4.21. The lowest BCUT2D eigenvalue weighted by molar-refractivity contribution is 0.0690. The lowest BCUT2D eigenvalue weighted by Crippen LogP contribution is -2.02. The third kappa shape index (κ3) is 1.99. The van der Waals surface area contributed by atoms with Crippen LogP contribution in [-0.4, -0.2) is 21.0 Å². The molecule has 0 radical (unpaired) electrons. The molecule has 0 bridgehead atoms. The van der Waals surface area contributed by atoms with E-state index >= 15 is 0 Å². The van der Waals surface area contributed by atoms with Gasteiger partial charge in [0.15, 0.2) is 11.5 Å². The highest BCUT2D eigenvalue weighted by Gasteiger charge is 2.12. The summed E-state index contributed by atoms with van der Waals surface area (Å²) < 4.78 is 13.8. The van der Waals surface area contributed by atoms with E-state index in [1.54, 1.807) is 30.3 Å². The largest absolute Gasteiger partial charge is 0.477 e. The molecule has 0 atom stereocenters.